The van der Waals surface area contributed by atoms with Gasteiger partial charge < -0.3 is 9.64 Å². The highest BCUT2D eigenvalue weighted by molar-refractivity contribution is 5.42. The monoisotopic (exact) mass is 166 g/mol. The Morgan fingerprint density at radius 1 is 1.58 bits per heavy atom. The average Bonchev–Trinajstić information content (AvgIpc) is 2.15. The first-order chi connectivity index (χ1) is 5.84. The second-order valence-electron chi connectivity index (χ2n) is 2.63. The Labute approximate surface area is 73.0 Å². The molecule has 0 radical (unpaired) electrons. The van der Waals surface area contributed by atoms with E-state index in [9.17, 15) is 0 Å². The molecule has 0 unspecified atom stereocenters. The van der Waals surface area contributed by atoms with Gasteiger partial charge in [0.15, 0.2) is 0 Å². The SMILES string of the molecule is COCCN(C)c1cccnc1. The fourth-order valence-corrected chi connectivity index (χ4v) is 0.937. The van der Waals surface area contributed by atoms with Crippen LogP contribution in [-0.2, 0) is 4.74 Å². The van der Waals surface area contributed by atoms with Gasteiger partial charge in [0.1, 0.15) is 0 Å². The molecule has 0 bridgehead atoms. The Hall–Kier alpha value is -1.09. The fraction of sp³-hybridized carbons (Fsp3) is 0.444. The van der Waals surface area contributed by atoms with Crippen molar-refractivity contribution in [2.75, 3.05) is 32.2 Å². The summed E-state index contributed by atoms with van der Waals surface area (Å²) in [4.78, 5) is 6.14. The van der Waals surface area contributed by atoms with E-state index in [-0.39, 0.29) is 0 Å². The maximum atomic E-state index is 4.97. The minimum absolute atomic E-state index is 0.741. The molecule has 0 amide bonds. The van der Waals surface area contributed by atoms with Crippen LogP contribution in [0.2, 0.25) is 0 Å². The van der Waals surface area contributed by atoms with Gasteiger partial charge in [-0.25, -0.2) is 0 Å². The molecule has 0 aliphatic rings. The summed E-state index contributed by atoms with van der Waals surface area (Å²) in [7, 11) is 3.73. The largest absolute Gasteiger partial charge is 0.383 e. The average molecular weight is 166 g/mol. The number of likely N-dealkylation sites (N-methyl/N-ethyl adjacent to an activating group) is 1. The van der Waals surface area contributed by atoms with Crippen LogP contribution < -0.4 is 4.90 Å². The third kappa shape index (κ3) is 2.51. The zero-order valence-corrected chi connectivity index (χ0v) is 7.53. The van der Waals surface area contributed by atoms with E-state index < -0.39 is 0 Å². The first-order valence-corrected chi connectivity index (χ1v) is 3.94. The van der Waals surface area contributed by atoms with Gasteiger partial charge in [0, 0.05) is 26.9 Å². The summed E-state index contributed by atoms with van der Waals surface area (Å²) < 4.78 is 4.97. The van der Waals surface area contributed by atoms with E-state index >= 15 is 0 Å². The number of hydrogen-bond donors (Lipinski definition) is 0. The van der Waals surface area contributed by atoms with Gasteiger partial charge in [0.05, 0.1) is 18.5 Å². The quantitative estimate of drug-likeness (QED) is 0.671. The van der Waals surface area contributed by atoms with Crippen molar-refractivity contribution in [2.45, 2.75) is 0 Å². The van der Waals surface area contributed by atoms with E-state index in [1.165, 1.54) is 0 Å². The first-order valence-electron chi connectivity index (χ1n) is 3.94. The Balaban J connectivity index is 2.48. The van der Waals surface area contributed by atoms with Gasteiger partial charge in [-0.3, -0.25) is 4.98 Å². The Kier molecular flexibility index (Phi) is 3.54. The van der Waals surface area contributed by atoms with Gasteiger partial charge in [0.25, 0.3) is 0 Å². The van der Waals surface area contributed by atoms with E-state index in [4.69, 9.17) is 4.74 Å². The van der Waals surface area contributed by atoms with Crippen molar-refractivity contribution in [3.8, 4) is 0 Å². The molecule has 0 aromatic carbocycles. The minimum Gasteiger partial charge on any atom is -0.383 e. The lowest BCUT2D eigenvalue weighted by Gasteiger charge is -2.17. The molecule has 1 rings (SSSR count). The van der Waals surface area contributed by atoms with E-state index in [0.717, 1.165) is 18.8 Å². The van der Waals surface area contributed by atoms with Gasteiger partial charge in [0.2, 0.25) is 0 Å². The number of hydrogen-bond acceptors (Lipinski definition) is 3. The molecule has 0 fully saturated rings. The van der Waals surface area contributed by atoms with Crippen LogP contribution in [0.15, 0.2) is 24.5 Å². The number of pyridine rings is 1. The van der Waals surface area contributed by atoms with Crippen LogP contribution in [-0.4, -0.2) is 32.3 Å². The standard InChI is InChI=1S/C9H14N2O/c1-11(6-7-12-2)9-4-3-5-10-8-9/h3-5,8H,6-7H2,1-2H3. The Morgan fingerprint density at radius 3 is 3.00 bits per heavy atom. The second-order valence-corrected chi connectivity index (χ2v) is 2.63. The van der Waals surface area contributed by atoms with Crippen LogP contribution >= 0.6 is 0 Å². The normalized spacial score (nSPS) is 9.83. The van der Waals surface area contributed by atoms with Gasteiger partial charge in [-0.1, -0.05) is 0 Å². The van der Waals surface area contributed by atoms with Crippen molar-refractivity contribution in [2.24, 2.45) is 0 Å². The van der Waals surface area contributed by atoms with Gasteiger partial charge in [-0.05, 0) is 12.1 Å². The number of nitrogens with zero attached hydrogens (tertiary/aromatic N) is 2. The van der Waals surface area contributed by atoms with Crippen LogP contribution in [0.5, 0.6) is 0 Å². The molecule has 0 saturated carbocycles. The number of rotatable bonds is 4. The highest BCUT2D eigenvalue weighted by atomic mass is 16.5. The lowest BCUT2D eigenvalue weighted by atomic mass is 10.4. The summed E-state index contributed by atoms with van der Waals surface area (Å²) in [6.07, 6.45) is 3.61. The van der Waals surface area contributed by atoms with Crippen molar-refractivity contribution in [3.63, 3.8) is 0 Å². The topological polar surface area (TPSA) is 25.4 Å². The highest BCUT2D eigenvalue weighted by Crippen LogP contribution is 2.07. The Bertz CT molecular complexity index is 213. The summed E-state index contributed by atoms with van der Waals surface area (Å²) in [5.41, 5.74) is 1.12. The lowest BCUT2D eigenvalue weighted by Crippen LogP contribution is -2.21. The zero-order chi connectivity index (χ0) is 8.81. The number of methoxy groups -OCH3 is 1. The lowest BCUT2D eigenvalue weighted by molar-refractivity contribution is 0.206. The van der Waals surface area contributed by atoms with Crippen LogP contribution in [0.4, 0.5) is 5.69 Å². The maximum absolute atomic E-state index is 4.97. The van der Waals surface area contributed by atoms with Crippen LogP contribution in [0.25, 0.3) is 0 Å². The highest BCUT2D eigenvalue weighted by Gasteiger charge is 1.97. The molecule has 0 saturated heterocycles. The van der Waals surface area contributed by atoms with Crippen LogP contribution in [0.1, 0.15) is 0 Å². The van der Waals surface area contributed by atoms with E-state index in [1.807, 2.05) is 25.4 Å². The summed E-state index contributed by atoms with van der Waals surface area (Å²) in [5, 5.41) is 0. The molecule has 1 heterocycles. The number of aromatic nitrogens is 1. The van der Waals surface area contributed by atoms with Crippen molar-refractivity contribution in [1.82, 2.24) is 4.98 Å². The third-order valence-corrected chi connectivity index (χ3v) is 1.72. The Morgan fingerprint density at radius 2 is 2.42 bits per heavy atom. The van der Waals surface area contributed by atoms with Crippen molar-refractivity contribution < 1.29 is 4.74 Å². The minimum atomic E-state index is 0.741. The van der Waals surface area contributed by atoms with Crippen molar-refractivity contribution in [3.05, 3.63) is 24.5 Å². The van der Waals surface area contributed by atoms with Crippen molar-refractivity contribution in [1.29, 1.82) is 0 Å². The van der Waals surface area contributed by atoms with E-state index in [0.29, 0.717) is 0 Å². The van der Waals surface area contributed by atoms with Crippen LogP contribution in [0.3, 0.4) is 0 Å². The molecule has 1 aromatic rings. The zero-order valence-electron chi connectivity index (χ0n) is 7.53. The summed E-state index contributed by atoms with van der Waals surface area (Å²) >= 11 is 0. The smallest absolute Gasteiger partial charge is 0.0637 e. The molecule has 0 spiro atoms. The summed E-state index contributed by atoms with van der Waals surface area (Å²) in [6.45, 7) is 1.63. The van der Waals surface area contributed by atoms with Gasteiger partial charge in [-0.2, -0.15) is 0 Å². The summed E-state index contributed by atoms with van der Waals surface area (Å²) in [6, 6.07) is 3.96. The molecule has 3 heteroatoms. The molecule has 0 N–H and O–H groups in total. The molecule has 0 atom stereocenters. The van der Waals surface area contributed by atoms with Gasteiger partial charge in [-0.15, -0.1) is 0 Å². The molecule has 1 aromatic heterocycles. The third-order valence-electron chi connectivity index (χ3n) is 1.72. The van der Waals surface area contributed by atoms with Crippen LogP contribution in [0, 0.1) is 0 Å². The predicted molar refractivity (Wildman–Crippen MR) is 49.4 cm³/mol. The fourth-order valence-electron chi connectivity index (χ4n) is 0.937. The predicted octanol–water partition coefficient (Wildman–Crippen LogP) is 1.16. The number of ether oxygens (including phenoxy) is 1. The first kappa shape index (κ1) is 9.00. The second kappa shape index (κ2) is 4.72. The van der Waals surface area contributed by atoms with E-state index in [1.54, 1.807) is 13.3 Å². The molecular weight excluding hydrogens is 152 g/mol. The molecule has 66 valence electrons. The van der Waals surface area contributed by atoms with Crippen molar-refractivity contribution >= 4 is 5.69 Å². The molecule has 12 heavy (non-hydrogen) atoms. The molecule has 0 aliphatic heterocycles. The molecular formula is C9H14N2O. The molecule has 0 aliphatic carbocycles. The number of anilines is 1. The molecule has 3 nitrogen and oxygen atoms in total. The van der Waals surface area contributed by atoms with E-state index in [2.05, 4.69) is 9.88 Å². The summed E-state index contributed by atoms with van der Waals surface area (Å²) in [5.74, 6) is 0. The van der Waals surface area contributed by atoms with Gasteiger partial charge >= 0.3 is 0 Å². The maximum Gasteiger partial charge on any atom is 0.0637 e.